The molecule has 1 atom stereocenters. The highest BCUT2D eigenvalue weighted by molar-refractivity contribution is 6.18. The Morgan fingerprint density at radius 3 is 2.37 bits per heavy atom. The van der Waals surface area contributed by atoms with Crippen molar-refractivity contribution in [1.29, 1.82) is 0 Å². The van der Waals surface area contributed by atoms with E-state index in [4.69, 9.17) is 21.4 Å². The molecule has 0 bridgehead atoms. The first-order valence-corrected chi connectivity index (χ1v) is 7.63. The van der Waals surface area contributed by atoms with Gasteiger partial charge in [0, 0.05) is 12.3 Å². The summed E-state index contributed by atoms with van der Waals surface area (Å²) in [4.78, 5) is 10.9. The molecule has 0 heterocycles. The van der Waals surface area contributed by atoms with E-state index >= 15 is 0 Å². The molecule has 1 N–H and O–H groups in total. The van der Waals surface area contributed by atoms with Crippen LogP contribution >= 0.6 is 11.6 Å². The highest BCUT2D eigenvalue weighted by Gasteiger charge is 2.06. The zero-order chi connectivity index (χ0) is 14.3. The molecular formula is C14H27ClO4. The van der Waals surface area contributed by atoms with E-state index < -0.39 is 0 Å². The van der Waals surface area contributed by atoms with Gasteiger partial charge in [-0.05, 0) is 12.8 Å². The van der Waals surface area contributed by atoms with Crippen molar-refractivity contribution in [2.45, 2.75) is 57.5 Å². The molecule has 0 radical (unpaired) electrons. The van der Waals surface area contributed by atoms with Gasteiger partial charge in [-0.2, -0.15) is 0 Å². The molecule has 0 saturated carbocycles. The van der Waals surface area contributed by atoms with Gasteiger partial charge in [0.15, 0.2) is 0 Å². The van der Waals surface area contributed by atoms with Crippen molar-refractivity contribution in [3.63, 3.8) is 0 Å². The Hall–Kier alpha value is -0.320. The van der Waals surface area contributed by atoms with Crippen molar-refractivity contribution in [3.8, 4) is 0 Å². The van der Waals surface area contributed by atoms with E-state index in [1.54, 1.807) is 0 Å². The van der Waals surface area contributed by atoms with Gasteiger partial charge in [-0.3, -0.25) is 4.79 Å². The lowest BCUT2D eigenvalue weighted by atomic mass is 10.1. The van der Waals surface area contributed by atoms with E-state index in [2.05, 4.69) is 4.74 Å². The van der Waals surface area contributed by atoms with Crippen molar-refractivity contribution in [2.24, 2.45) is 0 Å². The smallest absolute Gasteiger partial charge is 0.305 e. The average Bonchev–Trinajstić information content (AvgIpc) is 2.44. The summed E-state index contributed by atoms with van der Waals surface area (Å²) in [7, 11) is 1.43. The van der Waals surface area contributed by atoms with Gasteiger partial charge in [0.2, 0.25) is 0 Å². The number of ether oxygens (including phenoxy) is 2. The number of alkyl halides is 1. The molecule has 0 aliphatic heterocycles. The summed E-state index contributed by atoms with van der Waals surface area (Å²) >= 11 is 5.78. The van der Waals surface area contributed by atoms with Crippen LogP contribution in [0.3, 0.4) is 0 Å². The number of hydrogen-bond donors (Lipinski definition) is 1. The number of halogens is 1. The molecule has 0 saturated heterocycles. The third kappa shape index (κ3) is 12.5. The monoisotopic (exact) mass is 294 g/mol. The summed E-state index contributed by atoms with van der Waals surface area (Å²) in [6.45, 7) is 0.415. The maximum absolute atomic E-state index is 10.9. The minimum absolute atomic E-state index is 0.0492. The average molecular weight is 295 g/mol. The maximum atomic E-state index is 10.9. The highest BCUT2D eigenvalue weighted by atomic mass is 35.5. The number of carbonyl (C=O) groups excluding carboxylic acids is 1. The van der Waals surface area contributed by atoms with Crippen molar-refractivity contribution >= 4 is 17.6 Å². The molecule has 114 valence electrons. The second-order valence-corrected chi connectivity index (χ2v) is 4.92. The van der Waals surface area contributed by atoms with E-state index in [1.165, 1.54) is 13.5 Å². The molecule has 0 aliphatic rings. The molecule has 0 fully saturated rings. The molecule has 0 aromatic rings. The predicted molar refractivity (Wildman–Crippen MR) is 76.5 cm³/mol. The Kier molecular flexibility index (Phi) is 13.9. The third-order valence-corrected chi connectivity index (χ3v) is 3.35. The minimum atomic E-state index is -0.119. The fraction of sp³-hybridized carbons (Fsp3) is 0.929. The summed E-state index contributed by atoms with van der Waals surface area (Å²) in [5.74, 6) is 0.366. The summed E-state index contributed by atoms with van der Waals surface area (Å²) < 4.78 is 9.97. The summed E-state index contributed by atoms with van der Waals surface area (Å²) in [5, 5.41) is 8.66. The molecular weight excluding hydrogens is 268 g/mol. The predicted octanol–water partition coefficient (Wildman–Crippen LogP) is 2.90. The molecule has 4 nitrogen and oxygen atoms in total. The molecule has 0 aromatic carbocycles. The van der Waals surface area contributed by atoms with Crippen molar-refractivity contribution in [3.05, 3.63) is 0 Å². The first-order valence-electron chi connectivity index (χ1n) is 7.09. The van der Waals surface area contributed by atoms with Gasteiger partial charge >= 0.3 is 5.97 Å². The van der Waals surface area contributed by atoms with Crippen LogP contribution in [0.1, 0.15) is 51.4 Å². The van der Waals surface area contributed by atoms with Crippen LogP contribution in [-0.2, 0) is 14.3 Å². The van der Waals surface area contributed by atoms with E-state index in [0.29, 0.717) is 18.9 Å². The lowest BCUT2D eigenvalue weighted by Crippen LogP contribution is -2.17. The zero-order valence-corrected chi connectivity index (χ0v) is 12.7. The quantitative estimate of drug-likeness (QED) is 0.322. The third-order valence-electron chi connectivity index (χ3n) is 3.00. The second-order valence-electron chi connectivity index (χ2n) is 4.61. The Balaban J connectivity index is 3.27. The Morgan fingerprint density at radius 1 is 1.16 bits per heavy atom. The van der Waals surface area contributed by atoms with E-state index in [0.717, 1.165) is 38.5 Å². The van der Waals surface area contributed by atoms with Gasteiger partial charge in [-0.25, -0.2) is 0 Å². The van der Waals surface area contributed by atoms with Gasteiger partial charge < -0.3 is 14.6 Å². The van der Waals surface area contributed by atoms with Crippen LogP contribution in [0.15, 0.2) is 0 Å². The van der Waals surface area contributed by atoms with Crippen LogP contribution < -0.4 is 0 Å². The molecule has 1 unspecified atom stereocenters. The number of methoxy groups -OCH3 is 1. The van der Waals surface area contributed by atoms with Gasteiger partial charge in [-0.1, -0.05) is 32.1 Å². The molecule has 0 rings (SSSR count). The molecule has 19 heavy (non-hydrogen) atoms. The molecule has 0 amide bonds. The van der Waals surface area contributed by atoms with Crippen LogP contribution in [0.5, 0.6) is 0 Å². The van der Waals surface area contributed by atoms with E-state index in [9.17, 15) is 4.79 Å². The fourth-order valence-electron chi connectivity index (χ4n) is 1.87. The molecule has 0 aromatic heterocycles. The SMILES string of the molecule is COC(=O)CCCCCCCCC(CCl)OCCO. The first-order chi connectivity index (χ1) is 9.24. The lowest BCUT2D eigenvalue weighted by molar-refractivity contribution is -0.140. The van der Waals surface area contributed by atoms with Gasteiger partial charge in [-0.15, -0.1) is 11.6 Å². The van der Waals surface area contributed by atoms with Crippen molar-refractivity contribution in [2.75, 3.05) is 26.2 Å². The van der Waals surface area contributed by atoms with Crippen LogP contribution in [0.4, 0.5) is 0 Å². The fourth-order valence-corrected chi connectivity index (χ4v) is 2.12. The van der Waals surface area contributed by atoms with Gasteiger partial charge in [0.25, 0.3) is 0 Å². The van der Waals surface area contributed by atoms with Gasteiger partial charge in [0.05, 0.1) is 26.4 Å². The van der Waals surface area contributed by atoms with Crippen LogP contribution in [0, 0.1) is 0 Å². The van der Waals surface area contributed by atoms with Crippen LogP contribution in [0.25, 0.3) is 0 Å². The number of rotatable bonds is 13. The number of unbranched alkanes of at least 4 members (excludes halogenated alkanes) is 5. The van der Waals surface area contributed by atoms with E-state index in [1.807, 2.05) is 0 Å². The Bertz CT molecular complexity index is 212. The molecule has 0 aliphatic carbocycles. The second kappa shape index (κ2) is 14.1. The summed E-state index contributed by atoms with van der Waals surface area (Å²) in [6, 6.07) is 0. The summed E-state index contributed by atoms with van der Waals surface area (Å²) in [6.07, 6.45) is 8.12. The Labute approximate surface area is 121 Å². The van der Waals surface area contributed by atoms with E-state index in [-0.39, 0.29) is 18.7 Å². The van der Waals surface area contributed by atoms with Crippen LogP contribution in [-0.4, -0.2) is 43.4 Å². The maximum Gasteiger partial charge on any atom is 0.305 e. The van der Waals surface area contributed by atoms with Crippen LogP contribution in [0.2, 0.25) is 0 Å². The minimum Gasteiger partial charge on any atom is -0.469 e. The number of aliphatic hydroxyl groups is 1. The zero-order valence-electron chi connectivity index (χ0n) is 11.9. The highest BCUT2D eigenvalue weighted by Crippen LogP contribution is 2.12. The largest absolute Gasteiger partial charge is 0.469 e. The Morgan fingerprint density at radius 2 is 1.79 bits per heavy atom. The van der Waals surface area contributed by atoms with Crippen molar-refractivity contribution < 1.29 is 19.4 Å². The molecule has 5 heteroatoms. The standard InChI is InChI=1S/C14H27ClO4/c1-18-14(17)9-7-5-3-2-4-6-8-13(12-15)19-11-10-16/h13,16H,2-12H2,1H3. The number of esters is 1. The lowest BCUT2D eigenvalue weighted by Gasteiger charge is -2.14. The van der Waals surface area contributed by atoms with Gasteiger partial charge in [0.1, 0.15) is 0 Å². The number of carbonyl (C=O) groups is 1. The number of aliphatic hydroxyl groups excluding tert-OH is 1. The van der Waals surface area contributed by atoms with Crippen molar-refractivity contribution in [1.82, 2.24) is 0 Å². The first kappa shape index (κ1) is 18.7. The summed E-state index contributed by atoms with van der Waals surface area (Å²) in [5.41, 5.74) is 0. The number of hydrogen-bond acceptors (Lipinski definition) is 4. The molecule has 0 spiro atoms. The topological polar surface area (TPSA) is 55.8 Å². The normalized spacial score (nSPS) is 12.4.